The third-order valence-corrected chi connectivity index (χ3v) is 4.63. The van der Waals surface area contributed by atoms with Crippen LogP contribution in [0.1, 0.15) is 18.9 Å². The molecule has 0 aliphatic heterocycles. The van der Waals surface area contributed by atoms with Crippen LogP contribution in [-0.4, -0.2) is 68.2 Å². The lowest BCUT2D eigenvalue weighted by molar-refractivity contribution is -0.149. The van der Waals surface area contributed by atoms with Crippen molar-refractivity contribution in [3.8, 4) is 11.5 Å². The highest BCUT2D eigenvalue weighted by molar-refractivity contribution is 5.72. The van der Waals surface area contributed by atoms with Gasteiger partial charge in [0.25, 0.3) is 0 Å². The summed E-state index contributed by atoms with van der Waals surface area (Å²) in [7, 11) is 1.35. The van der Waals surface area contributed by atoms with Gasteiger partial charge >= 0.3 is 12.1 Å². The zero-order valence-electron chi connectivity index (χ0n) is 18.6. The molecule has 0 bridgehead atoms. The second-order valence-corrected chi connectivity index (χ2v) is 6.95. The summed E-state index contributed by atoms with van der Waals surface area (Å²) in [6, 6.07) is 16.7. The molecule has 2 aromatic rings. The molecule has 8 heteroatoms. The lowest BCUT2D eigenvalue weighted by atomic mass is 10.1. The van der Waals surface area contributed by atoms with Crippen molar-refractivity contribution in [1.82, 2.24) is 4.90 Å². The Morgan fingerprint density at radius 3 is 2.22 bits per heavy atom. The van der Waals surface area contributed by atoms with Gasteiger partial charge in [-0.2, -0.15) is 0 Å². The number of carbonyl (C=O) groups is 2. The van der Waals surface area contributed by atoms with Gasteiger partial charge in [0, 0.05) is 19.6 Å². The van der Waals surface area contributed by atoms with Crippen molar-refractivity contribution in [1.29, 1.82) is 0 Å². The van der Waals surface area contributed by atoms with Crippen LogP contribution in [0.25, 0.3) is 0 Å². The molecular weight excluding hydrogens is 414 g/mol. The van der Waals surface area contributed by atoms with E-state index in [1.165, 1.54) is 7.11 Å². The number of rotatable bonds is 14. The zero-order valence-corrected chi connectivity index (χ0v) is 18.6. The number of amides is 1. The Morgan fingerprint density at radius 1 is 0.938 bits per heavy atom. The predicted octanol–water partition coefficient (Wildman–Crippen LogP) is 3.64. The number of carboxylic acids is 1. The van der Waals surface area contributed by atoms with Gasteiger partial charge in [0.1, 0.15) is 18.1 Å². The predicted molar refractivity (Wildman–Crippen MR) is 119 cm³/mol. The number of nitrogens with zero attached hydrogens (tertiary/aromatic N) is 1. The van der Waals surface area contributed by atoms with Gasteiger partial charge in [-0.3, -0.25) is 0 Å². The first-order chi connectivity index (χ1) is 15.5. The number of ether oxygens (including phenoxy) is 4. The molecule has 1 atom stereocenters. The fourth-order valence-electron chi connectivity index (χ4n) is 3.01. The standard InChI is InChI=1S/C24H31NO7/c1-3-30-22(23(26)27)18-19-10-12-21(13-11-19)32-17-15-25(24(28)29-2)14-7-16-31-20-8-5-4-6-9-20/h4-6,8-13,22H,3,7,14-18H2,1-2H3,(H,26,27). The maximum absolute atomic E-state index is 12.0. The second-order valence-electron chi connectivity index (χ2n) is 6.95. The molecule has 0 heterocycles. The van der Waals surface area contributed by atoms with E-state index in [0.29, 0.717) is 45.1 Å². The maximum atomic E-state index is 12.0. The summed E-state index contributed by atoms with van der Waals surface area (Å²) in [4.78, 5) is 24.8. The largest absolute Gasteiger partial charge is 0.494 e. The van der Waals surface area contributed by atoms with Gasteiger partial charge < -0.3 is 29.0 Å². The Morgan fingerprint density at radius 2 is 1.59 bits per heavy atom. The Kier molecular flexibility index (Phi) is 10.9. The monoisotopic (exact) mass is 445 g/mol. The van der Waals surface area contributed by atoms with E-state index in [1.807, 2.05) is 42.5 Å². The Balaban J connectivity index is 1.76. The van der Waals surface area contributed by atoms with Crippen LogP contribution in [0.15, 0.2) is 54.6 Å². The molecule has 0 fully saturated rings. The normalized spacial score (nSPS) is 11.4. The van der Waals surface area contributed by atoms with Crippen LogP contribution in [0.2, 0.25) is 0 Å². The van der Waals surface area contributed by atoms with Crippen LogP contribution in [0.5, 0.6) is 11.5 Å². The number of aliphatic carboxylic acids is 1. The third-order valence-electron chi connectivity index (χ3n) is 4.63. The van der Waals surface area contributed by atoms with Crippen LogP contribution >= 0.6 is 0 Å². The minimum Gasteiger partial charge on any atom is -0.494 e. The van der Waals surface area contributed by atoms with Crippen LogP contribution < -0.4 is 9.47 Å². The first-order valence-corrected chi connectivity index (χ1v) is 10.6. The van der Waals surface area contributed by atoms with Gasteiger partial charge in [-0.25, -0.2) is 9.59 Å². The minimum atomic E-state index is -0.982. The van der Waals surface area contributed by atoms with E-state index in [1.54, 1.807) is 24.0 Å². The van der Waals surface area contributed by atoms with E-state index in [4.69, 9.17) is 18.9 Å². The van der Waals surface area contributed by atoms with Crippen molar-refractivity contribution in [2.45, 2.75) is 25.9 Å². The summed E-state index contributed by atoms with van der Waals surface area (Å²) in [6.45, 7) is 3.73. The van der Waals surface area contributed by atoms with Crippen molar-refractivity contribution in [2.75, 3.05) is 40.0 Å². The lowest BCUT2D eigenvalue weighted by Crippen LogP contribution is -2.36. The molecular formula is C24H31NO7. The van der Waals surface area contributed by atoms with E-state index in [0.717, 1.165) is 11.3 Å². The molecule has 0 radical (unpaired) electrons. The Labute approximate surface area is 188 Å². The Hall–Kier alpha value is -3.26. The first kappa shape index (κ1) is 25.0. The number of hydrogen-bond acceptors (Lipinski definition) is 6. The van der Waals surface area contributed by atoms with Crippen LogP contribution in [0, 0.1) is 0 Å². The number of benzene rings is 2. The lowest BCUT2D eigenvalue weighted by Gasteiger charge is -2.21. The number of methoxy groups -OCH3 is 1. The van der Waals surface area contributed by atoms with Crippen LogP contribution in [0.3, 0.4) is 0 Å². The summed E-state index contributed by atoms with van der Waals surface area (Å²) in [5, 5.41) is 9.19. The van der Waals surface area contributed by atoms with Gasteiger partial charge in [-0.1, -0.05) is 30.3 Å². The van der Waals surface area contributed by atoms with Gasteiger partial charge in [0.15, 0.2) is 6.10 Å². The fraction of sp³-hybridized carbons (Fsp3) is 0.417. The molecule has 1 N–H and O–H groups in total. The van der Waals surface area contributed by atoms with Crippen LogP contribution in [-0.2, 0) is 20.7 Å². The summed E-state index contributed by atoms with van der Waals surface area (Å²) in [6.07, 6.45) is -0.348. The topological polar surface area (TPSA) is 94.5 Å². The minimum absolute atomic E-state index is 0.282. The van der Waals surface area contributed by atoms with Gasteiger partial charge in [-0.05, 0) is 43.2 Å². The molecule has 0 saturated carbocycles. The van der Waals surface area contributed by atoms with Crippen molar-refractivity contribution in [3.05, 3.63) is 60.2 Å². The fourth-order valence-corrected chi connectivity index (χ4v) is 3.01. The quantitative estimate of drug-likeness (QED) is 0.444. The number of carboxylic acid groups (broad SMARTS) is 1. The molecule has 2 rings (SSSR count). The molecule has 2 aromatic carbocycles. The molecule has 32 heavy (non-hydrogen) atoms. The van der Waals surface area contributed by atoms with E-state index >= 15 is 0 Å². The summed E-state index contributed by atoms with van der Waals surface area (Å²) in [5.74, 6) is 0.443. The van der Waals surface area contributed by atoms with Crippen molar-refractivity contribution >= 4 is 12.1 Å². The van der Waals surface area contributed by atoms with Crippen LogP contribution in [0.4, 0.5) is 4.79 Å². The van der Waals surface area contributed by atoms with Gasteiger partial charge in [0.05, 0.1) is 20.3 Å². The molecule has 1 amide bonds. The SMILES string of the molecule is CCOC(Cc1ccc(OCCN(CCCOc2ccccc2)C(=O)OC)cc1)C(=O)O. The zero-order chi connectivity index (χ0) is 23.2. The number of hydrogen-bond donors (Lipinski definition) is 1. The average molecular weight is 446 g/mol. The van der Waals surface area contributed by atoms with E-state index in [-0.39, 0.29) is 6.42 Å². The molecule has 0 spiro atoms. The van der Waals surface area contributed by atoms with E-state index in [2.05, 4.69) is 0 Å². The second kappa shape index (κ2) is 13.9. The van der Waals surface area contributed by atoms with E-state index in [9.17, 15) is 14.7 Å². The molecule has 0 aromatic heterocycles. The molecule has 8 nitrogen and oxygen atoms in total. The summed E-state index contributed by atoms with van der Waals surface area (Å²) in [5.41, 5.74) is 0.841. The highest BCUT2D eigenvalue weighted by atomic mass is 16.5. The highest BCUT2D eigenvalue weighted by Gasteiger charge is 2.18. The molecule has 0 saturated heterocycles. The van der Waals surface area contributed by atoms with E-state index < -0.39 is 18.2 Å². The molecule has 1 unspecified atom stereocenters. The van der Waals surface area contributed by atoms with Gasteiger partial charge in [-0.15, -0.1) is 0 Å². The van der Waals surface area contributed by atoms with Crippen molar-refractivity contribution in [2.24, 2.45) is 0 Å². The average Bonchev–Trinajstić information content (AvgIpc) is 2.81. The molecule has 174 valence electrons. The third kappa shape index (κ3) is 8.85. The van der Waals surface area contributed by atoms with Gasteiger partial charge in [0.2, 0.25) is 0 Å². The highest BCUT2D eigenvalue weighted by Crippen LogP contribution is 2.15. The number of para-hydroxylation sites is 1. The summed E-state index contributed by atoms with van der Waals surface area (Å²) < 4.78 is 21.5. The summed E-state index contributed by atoms with van der Waals surface area (Å²) >= 11 is 0. The smallest absolute Gasteiger partial charge is 0.409 e. The maximum Gasteiger partial charge on any atom is 0.409 e. The molecule has 0 aliphatic rings. The Bertz CT molecular complexity index is 811. The van der Waals surface area contributed by atoms with Crippen molar-refractivity contribution in [3.63, 3.8) is 0 Å². The number of carbonyl (C=O) groups excluding carboxylic acids is 1. The molecule has 0 aliphatic carbocycles. The van der Waals surface area contributed by atoms with Crippen molar-refractivity contribution < 1.29 is 33.6 Å². The first-order valence-electron chi connectivity index (χ1n) is 10.6.